The number of allylic oxidation sites excluding steroid dienone is 8. The van der Waals surface area contributed by atoms with Gasteiger partial charge in [-0.25, -0.2) is 0 Å². The molecule has 1 heteroatoms. The van der Waals surface area contributed by atoms with Crippen LogP contribution in [-0.2, 0) is 11.2 Å². The normalized spacial score (nSPS) is 17.4. The minimum Gasteiger partial charge on any atom is -0.290 e. The van der Waals surface area contributed by atoms with Gasteiger partial charge in [-0.2, -0.15) is 0 Å². The van der Waals surface area contributed by atoms with Gasteiger partial charge < -0.3 is 0 Å². The Hall–Kier alpha value is -2.15. The Balaban J connectivity index is 1.93. The molecule has 0 heterocycles. The van der Waals surface area contributed by atoms with Gasteiger partial charge in [0.25, 0.3) is 0 Å². The van der Waals surface area contributed by atoms with Crippen LogP contribution in [-0.4, -0.2) is 5.78 Å². The number of rotatable bonds is 2. The van der Waals surface area contributed by atoms with E-state index in [1.807, 2.05) is 18.2 Å². The summed E-state index contributed by atoms with van der Waals surface area (Å²) in [5, 5.41) is 0. The first-order valence-electron chi connectivity index (χ1n) is 5.72. The molecule has 0 saturated heterocycles. The van der Waals surface area contributed by atoms with E-state index in [0.717, 1.165) is 12.0 Å². The zero-order valence-corrected chi connectivity index (χ0v) is 9.39. The van der Waals surface area contributed by atoms with Crippen molar-refractivity contribution in [1.29, 1.82) is 0 Å². The second-order valence-corrected chi connectivity index (χ2v) is 4.27. The van der Waals surface area contributed by atoms with E-state index in [9.17, 15) is 4.79 Å². The van der Waals surface area contributed by atoms with Crippen molar-refractivity contribution in [3.8, 4) is 0 Å². The lowest BCUT2D eigenvalue weighted by molar-refractivity contribution is -0.110. The highest BCUT2D eigenvalue weighted by Gasteiger charge is 2.16. The van der Waals surface area contributed by atoms with Crippen molar-refractivity contribution in [2.24, 2.45) is 0 Å². The van der Waals surface area contributed by atoms with E-state index in [0.29, 0.717) is 0 Å². The van der Waals surface area contributed by atoms with Crippen LogP contribution in [0, 0.1) is 0 Å². The highest BCUT2D eigenvalue weighted by Crippen LogP contribution is 2.30. The van der Waals surface area contributed by atoms with Crippen molar-refractivity contribution in [3.63, 3.8) is 0 Å². The first-order chi connectivity index (χ1) is 8.33. The number of carbonyl (C=O) groups is 1. The molecule has 0 atom stereocenters. The Kier molecular flexibility index (Phi) is 2.37. The van der Waals surface area contributed by atoms with E-state index in [1.54, 1.807) is 12.2 Å². The van der Waals surface area contributed by atoms with Crippen molar-refractivity contribution in [3.05, 3.63) is 83.0 Å². The molecule has 0 aliphatic heterocycles. The lowest BCUT2D eigenvalue weighted by Gasteiger charge is -2.07. The Morgan fingerprint density at radius 3 is 2.53 bits per heavy atom. The molecule has 0 aromatic heterocycles. The summed E-state index contributed by atoms with van der Waals surface area (Å²) in [5.74, 6) is 0.0781. The van der Waals surface area contributed by atoms with Crippen molar-refractivity contribution >= 4 is 5.78 Å². The van der Waals surface area contributed by atoms with Crippen LogP contribution in [0.25, 0.3) is 0 Å². The molecule has 1 aromatic carbocycles. The highest BCUT2D eigenvalue weighted by atomic mass is 16.1. The van der Waals surface area contributed by atoms with Crippen molar-refractivity contribution in [1.82, 2.24) is 0 Å². The first kappa shape index (κ1) is 10.0. The van der Waals surface area contributed by atoms with Gasteiger partial charge in [0.2, 0.25) is 0 Å². The van der Waals surface area contributed by atoms with Crippen LogP contribution in [0.4, 0.5) is 0 Å². The number of hydrogen-bond acceptors (Lipinski definition) is 1. The fourth-order valence-electron chi connectivity index (χ4n) is 2.22. The summed E-state index contributed by atoms with van der Waals surface area (Å²) in [6, 6.07) is 10.4. The third-order valence-electron chi connectivity index (χ3n) is 3.07. The summed E-state index contributed by atoms with van der Waals surface area (Å²) in [6.07, 6.45) is 10.3. The van der Waals surface area contributed by atoms with E-state index < -0.39 is 0 Å². The minimum absolute atomic E-state index is 0.0781. The SMILES string of the molecule is O=C1C=CC2=C(Cc3ccccc3)C=CC2=C1. The van der Waals surface area contributed by atoms with Crippen LogP contribution in [0.5, 0.6) is 0 Å². The van der Waals surface area contributed by atoms with E-state index in [-0.39, 0.29) is 5.78 Å². The topological polar surface area (TPSA) is 17.1 Å². The van der Waals surface area contributed by atoms with E-state index in [2.05, 4.69) is 30.3 Å². The molecule has 1 aromatic rings. The van der Waals surface area contributed by atoms with Gasteiger partial charge in [-0.1, -0.05) is 48.6 Å². The molecule has 0 radical (unpaired) electrons. The lowest BCUT2D eigenvalue weighted by Crippen LogP contribution is -1.98. The van der Waals surface area contributed by atoms with Crippen LogP contribution in [0.2, 0.25) is 0 Å². The summed E-state index contributed by atoms with van der Waals surface area (Å²) in [5.41, 5.74) is 4.81. The van der Waals surface area contributed by atoms with E-state index >= 15 is 0 Å². The van der Waals surface area contributed by atoms with Gasteiger partial charge in [0, 0.05) is 0 Å². The highest BCUT2D eigenvalue weighted by molar-refractivity contribution is 6.03. The maximum atomic E-state index is 11.3. The van der Waals surface area contributed by atoms with E-state index in [1.165, 1.54) is 16.7 Å². The third kappa shape index (κ3) is 1.92. The zero-order valence-electron chi connectivity index (χ0n) is 9.39. The van der Waals surface area contributed by atoms with Crippen LogP contribution >= 0.6 is 0 Å². The van der Waals surface area contributed by atoms with Crippen LogP contribution in [0.3, 0.4) is 0 Å². The van der Waals surface area contributed by atoms with Gasteiger partial charge in [0.05, 0.1) is 0 Å². The number of benzene rings is 1. The molecule has 0 spiro atoms. The van der Waals surface area contributed by atoms with Crippen molar-refractivity contribution in [2.45, 2.75) is 6.42 Å². The largest absolute Gasteiger partial charge is 0.290 e. The predicted molar refractivity (Wildman–Crippen MR) is 68.5 cm³/mol. The molecule has 0 amide bonds. The monoisotopic (exact) mass is 220 g/mol. The summed E-state index contributed by atoms with van der Waals surface area (Å²) in [7, 11) is 0. The first-order valence-corrected chi connectivity index (χ1v) is 5.72. The van der Waals surface area contributed by atoms with Gasteiger partial charge in [-0.05, 0) is 40.9 Å². The molecule has 0 bridgehead atoms. The third-order valence-corrected chi connectivity index (χ3v) is 3.07. The number of hydrogen-bond donors (Lipinski definition) is 0. The fraction of sp³-hybridized carbons (Fsp3) is 0.0625. The molecule has 0 fully saturated rings. The van der Waals surface area contributed by atoms with Gasteiger partial charge in [-0.15, -0.1) is 0 Å². The van der Waals surface area contributed by atoms with Gasteiger partial charge in [0.15, 0.2) is 5.78 Å². The van der Waals surface area contributed by atoms with Gasteiger partial charge >= 0.3 is 0 Å². The van der Waals surface area contributed by atoms with Crippen molar-refractivity contribution < 1.29 is 4.79 Å². The van der Waals surface area contributed by atoms with Crippen LogP contribution in [0.15, 0.2) is 77.4 Å². The molecular formula is C16H12O. The Morgan fingerprint density at radius 1 is 0.882 bits per heavy atom. The maximum absolute atomic E-state index is 11.3. The fourth-order valence-corrected chi connectivity index (χ4v) is 2.22. The quantitative estimate of drug-likeness (QED) is 0.748. The molecule has 1 nitrogen and oxygen atoms in total. The van der Waals surface area contributed by atoms with Gasteiger partial charge in [0.1, 0.15) is 0 Å². The van der Waals surface area contributed by atoms with Gasteiger partial charge in [-0.3, -0.25) is 4.79 Å². The molecular weight excluding hydrogens is 208 g/mol. The number of carbonyl (C=O) groups excluding carboxylic acids is 1. The molecule has 2 aliphatic rings. The van der Waals surface area contributed by atoms with Crippen LogP contribution < -0.4 is 0 Å². The summed E-state index contributed by atoms with van der Waals surface area (Å²) >= 11 is 0. The van der Waals surface area contributed by atoms with Crippen molar-refractivity contribution in [2.75, 3.05) is 0 Å². The summed E-state index contributed by atoms with van der Waals surface area (Å²) in [6.45, 7) is 0. The summed E-state index contributed by atoms with van der Waals surface area (Å²) < 4.78 is 0. The molecule has 2 aliphatic carbocycles. The summed E-state index contributed by atoms with van der Waals surface area (Å²) in [4.78, 5) is 11.3. The second-order valence-electron chi connectivity index (χ2n) is 4.27. The molecule has 3 rings (SSSR count). The smallest absolute Gasteiger partial charge is 0.179 e. The number of fused-ring (bicyclic) bond motifs is 1. The average Bonchev–Trinajstić information content (AvgIpc) is 2.73. The zero-order chi connectivity index (χ0) is 11.7. The van der Waals surface area contributed by atoms with E-state index in [4.69, 9.17) is 0 Å². The Bertz CT molecular complexity index is 583. The van der Waals surface area contributed by atoms with Crippen LogP contribution in [0.1, 0.15) is 5.56 Å². The molecule has 0 unspecified atom stereocenters. The molecule has 17 heavy (non-hydrogen) atoms. The molecule has 0 N–H and O–H groups in total. The Labute approximate surface area is 100 Å². The Morgan fingerprint density at radius 2 is 1.71 bits per heavy atom. The standard InChI is InChI=1S/C16H12O/c17-15-8-9-16-13(6-7-14(16)11-15)10-12-4-2-1-3-5-12/h1-9,11H,10H2. The second kappa shape index (κ2) is 4.02. The number of ketones is 1. The minimum atomic E-state index is 0.0781. The molecule has 0 saturated carbocycles. The average molecular weight is 220 g/mol. The maximum Gasteiger partial charge on any atom is 0.179 e. The molecule has 82 valence electrons. The lowest BCUT2D eigenvalue weighted by atomic mass is 9.96. The predicted octanol–water partition coefficient (Wildman–Crippen LogP) is 3.16.